The summed E-state index contributed by atoms with van der Waals surface area (Å²) < 4.78 is 15.3. The summed E-state index contributed by atoms with van der Waals surface area (Å²) in [6, 6.07) is 7.07. The third kappa shape index (κ3) is 3.78. The van der Waals surface area contributed by atoms with Crippen LogP contribution >= 0.6 is 11.6 Å². The van der Waals surface area contributed by atoms with Gasteiger partial charge < -0.3 is 5.32 Å². The quantitative estimate of drug-likeness (QED) is 0.910. The van der Waals surface area contributed by atoms with Crippen LogP contribution in [0.1, 0.15) is 25.5 Å². The molecule has 0 spiro atoms. The summed E-state index contributed by atoms with van der Waals surface area (Å²) in [6.07, 6.45) is 3.68. The normalized spacial score (nSPS) is 14.3. The van der Waals surface area contributed by atoms with E-state index in [1.165, 1.54) is 6.07 Å². The van der Waals surface area contributed by atoms with Crippen molar-refractivity contribution in [2.45, 2.75) is 32.5 Å². The van der Waals surface area contributed by atoms with E-state index in [9.17, 15) is 4.39 Å². The molecule has 0 aliphatic heterocycles. The zero-order valence-corrected chi connectivity index (χ0v) is 11.7. The summed E-state index contributed by atoms with van der Waals surface area (Å²) >= 11 is 5.68. The van der Waals surface area contributed by atoms with Gasteiger partial charge in [-0.15, -0.1) is 0 Å². The number of rotatable bonds is 5. The maximum Gasteiger partial charge on any atom is 0.142 e. The van der Waals surface area contributed by atoms with Crippen LogP contribution in [0.15, 0.2) is 36.7 Å². The van der Waals surface area contributed by atoms with Gasteiger partial charge in [0.05, 0.1) is 11.6 Å². The van der Waals surface area contributed by atoms with Crippen LogP contribution in [0, 0.1) is 5.82 Å². The minimum Gasteiger partial charge on any atom is -0.306 e. The number of hydrogen-bond donors (Lipinski definition) is 1. The average molecular weight is 282 g/mol. The molecule has 2 aromatic rings. The van der Waals surface area contributed by atoms with Gasteiger partial charge in [0, 0.05) is 24.5 Å². The topological polar surface area (TPSA) is 29.9 Å². The zero-order chi connectivity index (χ0) is 13.8. The first-order valence-electron chi connectivity index (χ1n) is 6.24. The fourth-order valence-corrected chi connectivity index (χ4v) is 2.16. The minimum atomic E-state index is -0.382. The monoisotopic (exact) mass is 281 g/mol. The summed E-state index contributed by atoms with van der Waals surface area (Å²) in [5, 5.41) is 7.72. The van der Waals surface area contributed by atoms with Crippen molar-refractivity contribution in [1.29, 1.82) is 0 Å². The van der Waals surface area contributed by atoms with Crippen LogP contribution in [-0.4, -0.2) is 15.8 Å². The molecule has 2 unspecified atom stereocenters. The second-order valence-corrected chi connectivity index (χ2v) is 5.10. The molecule has 2 atom stereocenters. The first kappa shape index (κ1) is 14.0. The van der Waals surface area contributed by atoms with Crippen molar-refractivity contribution < 1.29 is 4.39 Å². The summed E-state index contributed by atoms with van der Waals surface area (Å²) in [6.45, 7) is 4.85. The van der Waals surface area contributed by atoms with Crippen molar-refractivity contribution >= 4 is 11.6 Å². The molecule has 0 saturated carbocycles. The number of hydrogen-bond acceptors (Lipinski definition) is 2. The predicted molar refractivity (Wildman–Crippen MR) is 74.6 cm³/mol. The molecule has 0 aliphatic carbocycles. The molecule has 1 aromatic carbocycles. The first-order chi connectivity index (χ1) is 9.06. The Morgan fingerprint density at radius 3 is 2.84 bits per heavy atom. The SMILES string of the molecule is CC(Cn1cccn1)NC(C)c1ccc(Cl)c(F)c1. The molecule has 0 fully saturated rings. The van der Waals surface area contributed by atoms with Crippen molar-refractivity contribution in [1.82, 2.24) is 15.1 Å². The Morgan fingerprint density at radius 2 is 2.21 bits per heavy atom. The number of benzene rings is 1. The lowest BCUT2D eigenvalue weighted by Gasteiger charge is -2.20. The van der Waals surface area contributed by atoms with Crippen molar-refractivity contribution in [2.24, 2.45) is 0 Å². The fraction of sp³-hybridized carbons (Fsp3) is 0.357. The van der Waals surface area contributed by atoms with Crippen LogP contribution in [0.3, 0.4) is 0 Å². The molecule has 0 radical (unpaired) electrons. The van der Waals surface area contributed by atoms with Gasteiger partial charge in [-0.3, -0.25) is 4.68 Å². The Hall–Kier alpha value is -1.39. The van der Waals surface area contributed by atoms with Crippen LogP contribution in [-0.2, 0) is 6.54 Å². The van der Waals surface area contributed by atoms with Gasteiger partial charge in [0.15, 0.2) is 0 Å². The van der Waals surface area contributed by atoms with E-state index in [0.29, 0.717) is 0 Å². The van der Waals surface area contributed by atoms with Gasteiger partial charge in [-0.1, -0.05) is 17.7 Å². The maximum atomic E-state index is 13.4. The highest BCUT2D eigenvalue weighted by Crippen LogP contribution is 2.20. The predicted octanol–water partition coefficient (Wildman–Crippen LogP) is 3.41. The summed E-state index contributed by atoms with van der Waals surface area (Å²) in [4.78, 5) is 0. The van der Waals surface area contributed by atoms with Crippen LogP contribution in [0.4, 0.5) is 4.39 Å². The number of halogens is 2. The van der Waals surface area contributed by atoms with E-state index in [1.54, 1.807) is 12.3 Å². The largest absolute Gasteiger partial charge is 0.306 e. The lowest BCUT2D eigenvalue weighted by molar-refractivity contribution is 0.412. The first-order valence-corrected chi connectivity index (χ1v) is 6.62. The van der Waals surface area contributed by atoms with Crippen molar-refractivity contribution in [2.75, 3.05) is 0 Å². The highest BCUT2D eigenvalue weighted by molar-refractivity contribution is 6.30. The third-order valence-electron chi connectivity index (χ3n) is 3.00. The Kier molecular flexibility index (Phi) is 4.56. The van der Waals surface area contributed by atoms with Crippen molar-refractivity contribution in [3.63, 3.8) is 0 Å². The van der Waals surface area contributed by atoms with E-state index >= 15 is 0 Å². The molecule has 0 amide bonds. The zero-order valence-electron chi connectivity index (χ0n) is 11.0. The molecule has 3 nitrogen and oxygen atoms in total. The van der Waals surface area contributed by atoms with E-state index in [2.05, 4.69) is 17.3 Å². The standard InChI is InChI=1S/C14H17ClFN3/c1-10(9-19-7-3-6-17-19)18-11(2)12-4-5-13(15)14(16)8-12/h3-8,10-11,18H,9H2,1-2H3. The van der Waals surface area contributed by atoms with E-state index in [1.807, 2.05) is 29.9 Å². The molecule has 0 bridgehead atoms. The van der Waals surface area contributed by atoms with Gasteiger partial charge in [-0.05, 0) is 37.6 Å². The lowest BCUT2D eigenvalue weighted by atomic mass is 10.1. The molecular weight excluding hydrogens is 265 g/mol. The van der Waals surface area contributed by atoms with Crippen LogP contribution in [0.5, 0.6) is 0 Å². The number of nitrogens with one attached hydrogen (secondary N) is 1. The van der Waals surface area contributed by atoms with Gasteiger partial charge in [-0.25, -0.2) is 4.39 Å². The average Bonchev–Trinajstić information content (AvgIpc) is 2.85. The molecule has 0 saturated heterocycles. The Labute approximate surface area is 117 Å². The van der Waals surface area contributed by atoms with Crippen LogP contribution in [0.25, 0.3) is 0 Å². The third-order valence-corrected chi connectivity index (χ3v) is 3.30. The molecular formula is C14H17ClFN3. The van der Waals surface area contributed by atoms with Crippen LogP contribution in [0.2, 0.25) is 5.02 Å². The van der Waals surface area contributed by atoms with Gasteiger partial charge in [0.25, 0.3) is 0 Å². The highest BCUT2D eigenvalue weighted by atomic mass is 35.5. The molecule has 1 heterocycles. The lowest BCUT2D eigenvalue weighted by Crippen LogP contribution is -2.32. The Balaban J connectivity index is 1.96. The number of aromatic nitrogens is 2. The molecule has 102 valence electrons. The van der Waals surface area contributed by atoms with E-state index in [0.717, 1.165) is 12.1 Å². The Morgan fingerprint density at radius 1 is 1.42 bits per heavy atom. The van der Waals surface area contributed by atoms with Crippen molar-refractivity contribution in [3.8, 4) is 0 Å². The molecule has 1 N–H and O–H groups in total. The van der Waals surface area contributed by atoms with E-state index in [4.69, 9.17) is 11.6 Å². The molecule has 19 heavy (non-hydrogen) atoms. The van der Waals surface area contributed by atoms with Crippen LogP contribution < -0.4 is 5.32 Å². The number of nitrogens with zero attached hydrogens (tertiary/aromatic N) is 2. The van der Waals surface area contributed by atoms with Gasteiger partial charge in [0.1, 0.15) is 5.82 Å². The van der Waals surface area contributed by atoms with E-state index < -0.39 is 0 Å². The smallest absolute Gasteiger partial charge is 0.142 e. The van der Waals surface area contributed by atoms with Gasteiger partial charge >= 0.3 is 0 Å². The Bertz CT molecular complexity index is 527. The van der Waals surface area contributed by atoms with E-state index in [-0.39, 0.29) is 22.9 Å². The summed E-state index contributed by atoms with van der Waals surface area (Å²) in [7, 11) is 0. The molecule has 2 rings (SSSR count). The second kappa shape index (κ2) is 6.17. The summed E-state index contributed by atoms with van der Waals surface area (Å²) in [5.74, 6) is -0.382. The van der Waals surface area contributed by atoms with Crippen molar-refractivity contribution in [3.05, 3.63) is 53.1 Å². The summed E-state index contributed by atoms with van der Waals surface area (Å²) in [5.41, 5.74) is 0.884. The maximum absolute atomic E-state index is 13.4. The van der Waals surface area contributed by atoms with Gasteiger partial charge in [0.2, 0.25) is 0 Å². The highest BCUT2D eigenvalue weighted by Gasteiger charge is 2.11. The fourth-order valence-electron chi connectivity index (χ4n) is 2.05. The van der Waals surface area contributed by atoms with Gasteiger partial charge in [-0.2, -0.15) is 5.10 Å². The molecule has 1 aromatic heterocycles. The molecule has 5 heteroatoms. The minimum absolute atomic E-state index is 0.0531. The molecule has 0 aliphatic rings. The second-order valence-electron chi connectivity index (χ2n) is 4.69.